The zero-order valence-corrected chi connectivity index (χ0v) is 40.8. The fourth-order valence-electron chi connectivity index (χ4n) is 7.52. The fourth-order valence-corrected chi connectivity index (χ4v) is 7.52. The molecule has 0 radical (unpaired) electrons. The first-order chi connectivity index (χ1) is 32.0. The van der Waals surface area contributed by atoms with Gasteiger partial charge in [-0.25, -0.2) is 9.59 Å². The lowest BCUT2D eigenvalue weighted by atomic mass is 9.98. The number of aliphatic hydroxyl groups is 1. The minimum atomic E-state index is -1.22. The van der Waals surface area contributed by atoms with Crippen LogP contribution in [-0.2, 0) is 44.8 Å². The van der Waals surface area contributed by atoms with E-state index < -0.39 is 83.1 Å². The van der Waals surface area contributed by atoms with Crippen LogP contribution >= 0.6 is 0 Å². The molecule has 0 unspecified atom stereocenters. The minimum absolute atomic E-state index is 0.00532. The Labute approximate surface area is 399 Å². The Morgan fingerprint density at radius 1 is 0.618 bits per heavy atom. The number of alkyl carbamates (subject to hydrolysis) is 2. The van der Waals surface area contributed by atoms with E-state index in [0.717, 1.165) is 22.3 Å². The topological polar surface area (TPSA) is 240 Å². The molecule has 1 aliphatic carbocycles. The number of anilines is 1. The molecule has 68 heavy (non-hydrogen) atoms. The maximum atomic E-state index is 14.0. The van der Waals surface area contributed by atoms with Gasteiger partial charge in [0.25, 0.3) is 0 Å². The number of carbonyl (C=O) groups is 7. The molecule has 0 aliphatic heterocycles. The van der Waals surface area contributed by atoms with Crippen molar-refractivity contribution in [3.05, 3.63) is 89.5 Å². The molecule has 0 spiro atoms. The van der Waals surface area contributed by atoms with Crippen molar-refractivity contribution in [2.75, 3.05) is 18.5 Å². The minimum Gasteiger partial charge on any atom is -0.460 e. The molecular weight excluding hydrogens is 873 g/mol. The van der Waals surface area contributed by atoms with Crippen LogP contribution in [-0.4, -0.2) is 95.4 Å². The van der Waals surface area contributed by atoms with Gasteiger partial charge in [-0.05, 0) is 126 Å². The Bertz CT molecular complexity index is 2170. The number of amides is 6. The number of esters is 1. The number of nitrogens with one attached hydrogen (secondary N) is 6. The number of hydrogen-bond acceptors (Lipinski definition) is 11. The van der Waals surface area contributed by atoms with Crippen LogP contribution in [0.2, 0.25) is 0 Å². The van der Waals surface area contributed by atoms with Crippen LogP contribution in [0.4, 0.5) is 15.3 Å². The van der Waals surface area contributed by atoms with Crippen LogP contribution < -0.4 is 31.9 Å². The molecule has 0 saturated carbocycles. The average Bonchev–Trinajstić information content (AvgIpc) is 3.58. The lowest BCUT2D eigenvalue weighted by Crippen LogP contribution is -2.58. The number of aliphatic hydroxyl groups excluding tert-OH is 1. The van der Waals surface area contributed by atoms with Gasteiger partial charge >= 0.3 is 18.2 Å². The Kier molecular flexibility index (Phi) is 19.9. The third kappa shape index (κ3) is 17.3. The Hall–Kier alpha value is -6.49. The number of ether oxygens (including phenoxy) is 3. The van der Waals surface area contributed by atoms with Gasteiger partial charge in [0, 0.05) is 24.6 Å². The SMILES string of the molecule is CC(C)[C@H](NC(=O)[C@H](CCCC(=O)OC(C)(C)C)NC(=O)OCC1c2ccccc2-c2ccccc21)C(=O)N[C@@H](C)C(=O)N[C@@H](CCCCNC(=O)OC(C)(C)C)C(=O)Nc1ccc(CO)cc1. The highest BCUT2D eigenvalue weighted by molar-refractivity contribution is 5.99. The first-order valence-corrected chi connectivity index (χ1v) is 23.3. The Morgan fingerprint density at radius 2 is 1.19 bits per heavy atom. The summed E-state index contributed by atoms with van der Waals surface area (Å²) in [5, 5.41) is 25.6. The highest BCUT2D eigenvalue weighted by Crippen LogP contribution is 2.44. The summed E-state index contributed by atoms with van der Waals surface area (Å²) in [5.74, 6) is -3.80. The van der Waals surface area contributed by atoms with Gasteiger partial charge in [-0.15, -0.1) is 0 Å². The van der Waals surface area contributed by atoms with E-state index in [1.165, 1.54) is 6.92 Å². The van der Waals surface area contributed by atoms with E-state index in [0.29, 0.717) is 24.1 Å². The van der Waals surface area contributed by atoms with E-state index >= 15 is 0 Å². The highest BCUT2D eigenvalue weighted by atomic mass is 16.6. The quantitative estimate of drug-likeness (QED) is 0.0332. The molecule has 1 aliphatic rings. The van der Waals surface area contributed by atoms with E-state index in [4.69, 9.17) is 14.2 Å². The van der Waals surface area contributed by atoms with Crippen molar-refractivity contribution in [1.29, 1.82) is 0 Å². The summed E-state index contributed by atoms with van der Waals surface area (Å²) in [5.41, 5.74) is 3.81. The third-order valence-electron chi connectivity index (χ3n) is 10.9. The molecule has 3 aromatic rings. The van der Waals surface area contributed by atoms with Gasteiger partial charge in [-0.1, -0.05) is 74.5 Å². The van der Waals surface area contributed by atoms with E-state index in [-0.39, 0.29) is 51.4 Å². The zero-order chi connectivity index (χ0) is 50.2. The van der Waals surface area contributed by atoms with Crippen molar-refractivity contribution in [2.45, 2.75) is 149 Å². The van der Waals surface area contributed by atoms with E-state index in [2.05, 4.69) is 31.9 Å². The number of rotatable bonds is 22. The Morgan fingerprint density at radius 3 is 1.76 bits per heavy atom. The van der Waals surface area contributed by atoms with Gasteiger partial charge in [0.15, 0.2) is 0 Å². The summed E-state index contributed by atoms with van der Waals surface area (Å²) >= 11 is 0. The van der Waals surface area contributed by atoms with Crippen molar-refractivity contribution in [2.24, 2.45) is 5.92 Å². The Balaban J connectivity index is 1.41. The summed E-state index contributed by atoms with van der Waals surface area (Å²) in [7, 11) is 0. The highest BCUT2D eigenvalue weighted by Gasteiger charge is 2.33. The van der Waals surface area contributed by atoms with E-state index in [1.54, 1.807) is 79.7 Å². The number of unbranched alkanes of at least 4 members (excludes halogenated alkanes) is 1. The van der Waals surface area contributed by atoms with Gasteiger partial charge in [-0.3, -0.25) is 24.0 Å². The maximum Gasteiger partial charge on any atom is 0.407 e. The maximum absolute atomic E-state index is 14.0. The number of benzene rings is 3. The second kappa shape index (κ2) is 25.0. The lowest BCUT2D eigenvalue weighted by molar-refractivity contribution is -0.155. The first kappa shape index (κ1) is 54.1. The molecule has 0 fully saturated rings. The van der Waals surface area contributed by atoms with E-state index in [1.807, 2.05) is 48.5 Å². The van der Waals surface area contributed by atoms with Crippen molar-refractivity contribution < 1.29 is 52.9 Å². The summed E-state index contributed by atoms with van der Waals surface area (Å²) in [6, 6.07) is 17.7. The van der Waals surface area contributed by atoms with Crippen LogP contribution in [0.5, 0.6) is 0 Å². The molecule has 17 nitrogen and oxygen atoms in total. The van der Waals surface area contributed by atoms with Gasteiger partial charge in [0.1, 0.15) is 42.0 Å². The predicted octanol–water partition coefficient (Wildman–Crippen LogP) is 6.36. The monoisotopic (exact) mass is 943 g/mol. The molecule has 0 aromatic heterocycles. The summed E-state index contributed by atoms with van der Waals surface area (Å²) < 4.78 is 16.4. The lowest BCUT2D eigenvalue weighted by Gasteiger charge is -2.27. The average molecular weight is 943 g/mol. The van der Waals surface area contributed by atoms with Crippen LogP contribution in [0.3, 0.4) is 0 Å². The second-order valence-corrected chi connectivity index (χ2v) is 19.3. The zero-order valence-electron chi connectivity index (χ0n) is 40.8. The standard InChI is InChI=1S/C51H70N6O11/c1-31(2)43(47(63)53-32(3)44(60)55-40(21-14-15-28-52-48(64)68-51(7,8)9)45(61)54-34-26-24-33(29-58)25-27-34)57-46(62)41(22-16-23-42(59)67-50(4,5)6)56-49(65)66-30-39-37-19-12-10-17-35(37)36-18-11-13-20-38(36)39/h10-13,17-20,24-27,31-32,39-41,43,58H,14-16,21-23,28-30H2,1-9H3,(H,52,64)(H,53,63)(H,54,61)(H,55,60)(H,56,65)(H,57,62)/t32-,40-,41-,43-/m0/s1. The van der Waals surface area contributed by atoms with Gasteiger partial charge < -0.3 is 51.2 Å². The normalized spacial score (nSPS) is 13.9. The smallest absolute Gasteiger partial charge is 0.407 e. The molecule has 370 valence electrons. The van der Waals surface area contributed by atoms with Gasteiger partial charge in [0.05, 0.1) is 6.61 Å². The molecule has 17 heteroatoms. The number of hydrogen-bond donors (Lipinski definition) is 7. The van der Waals surface area contributed by atoms with Crippen molar-refractivity contribution in [1.82, 2.24) is 26.6 Å². The second-order valence-electron chi connectivity index (χ2n) is 19.3. The van der Waals surface area contributed by atoms with Crippen LogP contribution in [0.1, 0.15) is 123 Å². The first-order valence-electron chi connectivity index (χ1n) is 23.3. The third-order valence-corrected chi connectivity index (χ3v) is 10.9. The molecule has 0 saturated heterocycles. The molecule has 4 atom stereocenters. The summed E-state index contributed by atoms with van der Waals surface area (Å²) in [6.45, 7) is 15.4. The summed E-state index contributed by atoms with van der Waals surface area (Å²) in [4.78, 5) is 93.2. The number of fused-ring (bicyclic) bond motifs is 3. The fraction of sp³-hybridized carbons (Fsp3) is 0.510. The molecule has 0 heterocycles. The molecule has 6 amide bonds. The van der Waals surface area contributed by atoms with Crippen LogP contribution in [0.25, 0.3) is 11.1 Å². The molecule has 4 rings (SSSR count). The molecule has 7 N–H and O–H groups in total. The van der Waals surface area contributed by atoms with Crippen LogP contribution in [0, 0.1) is 5.92 Å². The van der Waals surface area contributed by atoms with Crippen LogP contribution in [0.15, 0.2) is 72.8 Å². The largest absolute Gasteiger partial charge is 0.460 e. The number of carbonyl (C=O) groups excluding carboxylic acids is 7. The van der Waals surface area contributed by atoms with Gasteiger partial charge in [0.2, 0.25) is 23.6 Å². The van der Waals surface area contributed by atoms with Gasteiger partial charge in [-0.2, -0.15) is 0 Å². The molecule has 0 bridgehead atoms. The van der Waals surface area contributed by atoms with Crippen molar-refractivity contribution >= 4 is 47.5 Å². The van der Waals surface area contributed by atoms with Crippen molar-refractivity contribution in [3.63, 3.8) is 0 Å². The van der Waals surface area contributed by atoms with Crippen molar-refractivity contribution in [3.8, 4) is 11.1 Å². The van der Waals surface area contributed by atoms with E-state index in [9.17, 15) is 38.7 Å². The molecule has 3 aromatic carbocycles. The predicted molar refractivity (Wildman–Crippen MR) is 257 cm³/mol. The summed E-state index contributed by atoms with van der Waals surface area (Å²) in [6.07, 6.45) is -0.242. The molecular formula is C51H70N6O11.